The molecule has 39 heavy (non-hydrogen) atoms. The number of carbonyl (C=O) groups is 6. The third-order valence-electron chi connectivity index (χ3n) is 5.37. The summed E-state index contributed by atoms with van der Waals surface area (Å²) in [6.45, 7) is 0.754. The fraction of sp³-hybridized carbons (Fsp3) is 0.522. The van der Waals surface area contributed by atoms with Crippen LogP contribution in [-0.2, 0) is 19.2 Å². The summed E-state index contributed by atoms with van der Waals surface area (Å²) in [4.78, 5) is 72.9. The number of carboxylic acids is 3. The van der Waals surface area contributed by atoms with Gasteiger partial charge in [-0.15, -0.1) is 0 Å². The molecule has 0 radical (unpaired) electrons. The summed E-state index contributed by atoms with van der Waals surface area (Å²) in [6.07, 6.45) is 3.69. The van der Waals surface area contributed by atoms with Crippen molar-refractivity contribution in [2.45, 2.75) is 63.5 Å². The smallest absolute Gasteiger partial charge is 0.326 e. The number of aliphatic carboxylic acids is 3. The second-order valence-corrected chi connectivity index (χ2v) is 8.49. The number of nitrogen functional groups attached to an aromatic ring is 1. The van der Waals surface area contributed by atoms with Crippen LogP contribution in [0, 0.1) is 0 Å². The van der Waals surface area contributed by atoms with E-state index in [9.17, 15) is 33.9 Å². The van der Waals surface area contributed by atoms with E-state index in [0.717, 1.165) is 6.42 Å². The minimum atomic E-state index is -1.71. The summed E-state index contributed by atoms with van der Waals surface area (Å²) in [5.74, 6) is 0.905. The number of rotatable bonds is 19. The lowest BCUT2D eigenvalue weighted by Gasteiger charge is -2.17. The predicted octanol–water partition coefficient (Wildman–Crippen LogP) is -0.376. The Morgan fingerprint density at radius 2 is 1.46 bits per heavy atom. The number of hydrogen-bond acceptors (Lipinski definition) is 9. The molecule has 0 aliphatic heterocycles. The van der Waals surface area contributed by atoms with Crippen LogP contribution in [0.15, 0.2) is 18.3 Å². The molecule has 1 rings (SSSR count). The molecule has 0 aromatic carbocycles. The van der Waals surface area contributed by atoms with Crippen molar-refractivity contribution < 1.29 is 44.1 Å². The van der Waals surface area contributed by atoms with Crippen molar-refractivity contribution in [3.05, 3.63) is 23.9 Å². The normalized spacial score (nSPS) is 11.9. The topological polar surface area (TPSA) is 262 Å². The highest BCUT2D eigenvalue weighted by molar-refractivity contribution is 5.94. The van der Waals surface area contributed by atoms with Gasteiger partial charge in [-0.05, 0) is 44.2 Å². The molecule has 2 atom stereocenters. The Morgan fingerprint density at radius 1 is 0.821 bits per heavy atom. The SMILES string of the molecule is NNc1ccc(C(=O)NCCCCCC(=O)NCCCC[C@@H](NC(=O)N[C@@H](CC(=O)O)C(=O)O)C(=O)O)cn1. The first kappa shape index (κ1) is 32.6. The van der Waals surface area contributed by atoms with Gasteiger partial charge in [0.15, 0.2) is 0 Å². The highest BCUT2D eigenvalue weighted by Crippen LogP contribution is 2.05. The second kappa shape index (κ2) is 17.9. The van der Waals surface area contributed by atoms with Crippen LogP contribution < -0.4 is 32.5 Å². The highest BCUT2D eigenvalue weighted by atomic mass is 16.4. The van der Waals surface area contributed by atoms with Crippen molar-refractivity contribution in [1.29, 1.82) is 0 Å². The van der Waals surface area contributed by atoms with Gasteiger partial charge in [0, 0.05) is 25.7 Å². The Balaban J connectivity index is 2.17. The largest absolute Gasteiger partial charge is 0.481 e. The van der Waals surface area contributed by atoms with E-state index in [-0.39, 0.29) is 18.2 Å². The van der Waals surface area contributed by atoms with Crippen molar-refractivity contribution in [2.75, 3.05) is 18.5 Å². The van der Waals surface area contributed by atoms with E-state index in [2.05, 4.69) is 26.4 Å². The second-order valence-electron chi connectivity index (χ2n) is 8.49. The number of hydrazine groups is 1. The van der Waals surface area contributed by atoms with Gasteiger partial charge in [0.1, 0.15) is 17.9 Å². The number of hydrogen-bond donors (Lipinski definition) is 9. The van der Waals surface area contributed by atoms with Crippen molar-refractivity contribution in [3.8, 4) is 0 Å². The van der Waals surface area contributed by atoms with Crippen LogP contribution in [0.1, 0.15) is 61.7 Å². The van der Waals surface area contributed by atoms with Crippen molar-refractivity contribution in [1.82, 2.24) is 26.3 Å². The number of carbonyl (C=O) groups excluding carboxylic acids is 3. The first-order valence-corrected chi connectivity index (χ1v) is 12.3. The van der Waals surface area contributed by atoms with Gasteiger partial charge < -0.3 is 42.0 Å². The molecule has 216 valence electrons. The molecule has 4 amide bonds. The van der Waals surface area contributed by atoms with Crippen LogP contribution in [0.5, 0.6) is 0 Å². The number of nitrogens with zero attached hydrogens (tertiary/aromatic N) is 1. The molecule has 16 heteroatoms. The maximum absolute atomic E-state index is 12.0. The number of urea groups is 1. The van der Waals surface area contributed by atoms with Gasteiger partial charge in [0.05, 0.1) is 12.0 Å². The maximum Gasteiger partial charge on any atom is 0.326 e. The molecule has 0 saturated carbocycles. The molecule has 0 fully saturated rings. The van der Waals surface area contributed by atoms with E-state index < -0.39 is 42.4 Å². The fourth-order valence-corrected chi connectivity index (χ4v) is 3.28. The zero-order chi connectivity index (χ0) is 29.2. The molecular weight excluding hydrogens is 518 g/mol. The van der Waals surface area contributed by atoms with Crippen LogP contribution in [0.4, 0.5) is 10.6 Å². The molecule has 0 aliphatic carbocycles. The lowest BCUT2D eigenvalue weighted by atomic mass is 10.1. The highest BCUT2D eigenvalue weighted by Gasteiger charge is 2.26. The number of unbranched alkanes of at least 4 members (excludes halogenated alkanes) is 3. The first-order chi connectivity index (χ1) is 18.5. The van der Waals surface area contributed by atoms with Crippen molar-refractivity contribution >= 4 is 41.6 Å². The van der Waals surface area contributed by atoms with Gasteiger partial charge in [-0.1, -0.05) is 6.42 Å². The Hall–Kier alpha value is -4.47. The minimum absolute atomic E-state index is 0.0190. The number of aromatic nitrogens is 1. The van der Waals surface area contributed by atoms with Crippen LogP contribution in [0.3, 0.4) is 0 Å². The zero-order valence-electron chi connectivity index (χ0n) is 21.3. The molecule has 1 aromatic heterocycles. The molecule has 10 N–H and O–H groups in total. The Labute approximate surface area is 224 Å². The average Bonchev–Trinajstić information content (AvgIpc) is 2.88. The number of amides is 4. The number of nitrogens with one attached hydrogen (secondary N) is 5. The number of pyridine rings is 1. The summed E-state index contributed by atoms with van der Waals surface area (Å²) in [5.41, 5.74) is 2.78. The van der Waals surface area contributed by atoms with Crippen LogP contribution in [-0.4, -0.2) is 81.2 Å². The maximum atomic E-state index is 12.0. The molecule has 16 nitrogen and oxygen atoms in total. The monoisotopic (exact) mass is 553 g/mol. The summed E-state index contributed by atoms with van der Waals surface area (Å²) in [5, 5.41) is 36.4. The lowest BCUT2D eigenvalue weighted by molar-refractivity contribution is -0.145. The van der Waals surface area contributed by atoms with E-state index in [1.807, 2.05) is 5.32 Å². The van der Waals surface area contributed by atoms with Crippen molar-refractivity contribution in [3.63, 3.8) is 0 Å². The van der Waals surface area contributed by atoms with Crippen LogP contribution >= 0.6 is 0 Å². The quantitative estimate of drug-likeness (QED) is 0.0603. The number of nitrogens with two attached hydrogens (primary N) is 1. The van der Waals surface area contributed by atoms with E-state index >= 15 is 0 Å². The van der Waals surface area contributed by atoms with Crippen molar-refractivity contribution in [2.24, 2.45) is 5.84 Å². The lowest BCUT2D eigenvalue weighted by Crippen LogP contribution is -2.51. The van der Waals surface area contributed by atoms with Gasteiger partial charge in [0.2, 0.25) is 5.91 Å². The third-order valence-corrected chi connectivity index (χ3v) is 5.37. The molecule has 0 aliphatic rings. The molecule has 1 heterocycles. The molecule has 0 spiro atoms. The van der Waals surface area contributed by atoms with Crippen LogP contribution in [0.25, 0.3) is 0 Å². The Bertz CT molecular complexity index is 989. The van der Waals surface area contributed by atoms with Gasteiger partial charge in [-0.25, -0.2) is 25.2 Å². The van der Waals surface area contributed by atoms with E-state index in [1.54, 1.807) is 12.1 Å². The van der Waals surface area contributed by atoms with Crippen LogP contribution in [0.2, 0.25) is 0 Å². The zero-order valence-corrected chi connectivity index (χ0v) is 21.3. The molecule has 0 unspecified atom stereocenters. The van der Waals surface area contributed by atoms with Gasteiger partial charge in [-0.3, -0.25) is 14.4 Å². The predicted molar refractivity (Wildman–Crippen MR) is 136 cm³/mol. The summed E-state index contributed by atoms with van der Waals surface area (Å²) in [6, 6.07) is -0.961. The van der Waals surface area contributed by atoms with Gasteiger partial charge in [-0.2, -0.15) is 0 Å². The van der Waals surface area contributed by atoms with Gasteiger partial charge in [0.25, 0.3) is 5.91 Å². The number of anilines is 1. The van der Waals surface area contributed by atoms with E-state index in [0.29, 0.717) is 56.6 Å². The molecule has 0 bridgehead atoms. The summed E-state index contributed by atoms with van der Waals surface area (Å²) < 4.78 is 0. The molecule has 1 aromatic rings. The van der Waals surface area contributed by atoms with E-state index in [1.165, 1.54) is 6.20 Å². The Morgan fingerprint density at radius 3 is 2.05 bits per heavy atom. The number of carboxylic acid groups (broad SMARTS) is 3. The summed E-state index contributed by atoms with van der Waals surface area (Å²) in [7, 11) is 0. The third kappa shape index (κ3) is 14.2. The standard InChI is InChI=1S/C23H35N7O9/c24-30-17-9-8-14(13-27-17)20(34)26-11-4-1-2-7-18(31)25-10-5-3-6-15(21(35)36)28-23(39)29-16(22(37)38)12-19(32)33/h8-9,13,15-16H,1-7,10-12,24H2,(H,25,31)(H,26,34)(H,27,30)(H,32,33)(H,35,36)(H,37,38)(H2,28,29,39)/t15-,16+/m1/s1. The first-order valence-electron chi connectivity index (χ1n) is 12.3. The fourth-order valence-electron chi connectivity index (χ4n) is 3.28. The molecule has 0 saturated heterocycles. The van der Waals surface area contributed by atoms with Gasteiger partial charge >= 0.3 is 23.9 Å². The molecular formula is C23H35N7O9. The summed E-state index contributed by atoms with van der Waals surface area (Å²) >= 11 is 0. The minimum Gasteiger partial charge on any atom is -0.481 e. The van der Waals surface area contributed by atoms with E-state index in [4.69, 9.17) is 16.1 Å². The Kier molecular flexibility index (Phi) is 14.9. The average molecular weight is 554 g/mol.